The SMILES string of the molecule is c1ccc(-c2cccc(-c3ncnc(-c4cccc5oc6ccc(-c7ccc8c9ccccc9c9ccccc9c8c7)cc6c45)n3)c2)cc1. The molecule has 0 saturated carbocycles. The van der Waals surface area contributed by atoms with Crippen LogP contribution in [0.3, 0.4) is 0 Å². The highest BCUT2D eigenvalue weighted by Gasteiger charge is 2.17. The molecule has 0 atom stereocenters. The van der Waals surface area contributed by atoms with Crippen molar-refractivity contribution in [2.24, 2.45) is 0 Å². The van der Waals surface area contributed by atoms with E-state index in [0.717, 1.165) is 55.3 Å². The lowest BCUT2D eigenvalue weighted by Gasteiger charge is -2.12. The second kappa shape index (κ2) is 11.0. The second-order valence-electron chi connectivity index (χ2n) is 12.4. The molecule has 0 aliphatic heterocycles. The van der Waals surface area contributed by atoms with E-state index in [1.54, 1.807) is 6.33 Å². The Balaban J connectivity index is 1.11. The van der Waals surface area contributed by atoms with Gasteiger partial charge in [0.2, 0.25) is 0 Å². The van der Waals surface area contributed by atoms with Crippen LogP contribution in [-0.4, -0.2) is 15.0 Å². The summed E-state index contributed by atoms with van der Waals surface area (Å²) in [4.78, 5) is 14.2. The molecule has 8 aromatic carbocycles. The Morgan fingerprint density at radius 1 is 0.347 bits per heavy atom. The minimum absolute atomic E-state index is 0.609. The van der Waals surface area contributed by atoms with Crippen LogP contribution < -0.4 is 0 Å². The lowest BCUT2D eigenvalue weighted by molar-refractivity contribution is 0.669. The van der Waals surface area contributed by atoms with Crippen molar-refractivity contribution in [3.05, 3.63) is 164 Å². The Kier molecular flexibility index (Phi) is 6.15. The van der Waals surface area contributed by atoms with Crippen LogP contribution in [0.4, 0.5) is 0 Å². The maximum absolute atomic E-state index is 6.39. The summed E-state index contributed by atoms with van der Waals surface area (Å²) >= 11 is 0. The third-order valence-corrected chi connectivity index (χ3v) is 9.61. The van der Waals surface area contributed by atoms with E-state index in [1.165, 1.54) is 32.3 Å². The van der Waals surface area contributed by atoms with Crippen molar-refractivity contribution in [2.45, 2.75) is 0 Å². The maximum atomic E-state index is 6.39. The lowest BCUT2D eigenvalue weighted by Crippen LogP contribution is -1.95. The second-order valence-corrected chi connectivity index (χ2v) is 12.4. The Morgan fingerprint density at radius 2 is 0.918 bits per heavy atom. The van der Waals surface area contributed by atoms with E-state index in [1.807, 2.05) is 42.5 Å². The summed E-state index contributed by atoms with van der Waals surface area (Å²) in [6, 6.07) is 55.4. The van der Waals surface area contributed by atoms with Crippen molar-refractivity contribution in [2.75, 3.05) is 0 Å². The van der Waals surface area contributed by atoms with Crippen LogP contribution in [0.2, 0.25) is 0 Å². The van der Waals surface area contributed by atoms with Gasteiger partial charge in [0.25, 0.3) is 0 Å². The molecule has 0 saturated heterocycles. The molecule has 0 aliphatic rings. The van der Waals surface area contributed by atoms with Gasteiger partial charge in [0.1, 0.15) is 17.5 Å². The van der Waals surface area contributed by atoms with Crippen LogP contribution in [0.25, 0.3) is 99.3 Å². The van der Waals surface area contributed by atoms with E-state index < -0.39 is 0 Å². The molecular formula is C45H27N3O. The minimum atomic E-state index is 0.609. The minimum Gasteiger partial charge on any atom is -0.456 e. The molecule has 10 rings (SSSR count). The Morgan fingerprint density at radius 3 is 1.69 bits per heavy atom. The summed E-state index contributed by atoms with van der Waals surface area (Å²) in [7, 11) is 0. The summed E-state index contributed by atoms with van der Waals surface area (Å²) < 4.78 is 6.39. The number of hydrogen-bond acceptors (Lipinski definition) is 4. The highest BCUT2D eigenvalue weighted by molar-refractivity contribution is 6.25. The lowest BCUT2D eigenvalue weighted by atomic mass is 9.92. The molecule has 0 aliphatic carbocycles. The normalized spacial score (nSPS) is 11.7. The largest absolute Gasteiger partial charge is 0.456 e. The molecule has 2 aromatic heterocycles. The zero-order chi connectivity index (χ0) is 32.3. The van der Waals surface area contributed by atoms with Crippen molar-refractivity contribution >= 4 is 54.3 Å². The highest BCUT2D eigenvalue weighted by Crippen LogP contribution is 2.40. The molecule has 0 N–H and O–H groups in total. The van der Waals surface area contributed by atoms with Gasteiger partial charge in [-0.3, -0.25) is 0 Å². The van der Waals surface area contributed by atoms with Crippen molar-refractivity contribution in [3.8, 4) is 45.0 Å². The van der Waals surface area contributed by atoms with Gasteiger partial charge in [-0.05, 0) is 84.9 Å². The first-order chi connectivity index (χ1) is 24.3. The maximum Gasteiger partial charge on any atom is 0.164 e. The molecular weight excluding hydrogens is 599 g/mol. The zero-order valence-corrected chi connectivity index (χ0v) is 26.3. The van der Waals surface area contributed by atoms with Crippen molar-refractivity contribution in [3.63, 3.8) is 0 Å². The van der Waals surface area contributed by atoms with Gasteiger partial charge in [0.05, 0.1) is 0 Å². The summed E-state index contributed by atoms with van der Waals surface area (Å²) in [6.07, 6.45) is 1.60. The summed E-state index contributed by atoms with van der Waals surface area (Å²) in [5.74, 6) is 1.24. The number of hydrogen-bond donors (Lipinski definition) is 0. The topological polar surface area (TPSA) is 51.8 Å². The number of benzene rings is 8. The molecule has 0 fully saturated rings. The Labute approximate surface area is 282 Å². The monoisotopic (exact) mass is 625 g/mol. The predicted octanol–water partition coefficient (Wildman–Crippen LogP) is 11.9. The van der Waals surface area contributed by atoms with E-state index in [4.69, 9.17) is 9.40 Å². The van der Waals surface area contributed by atoms with E-state index in [9.17, 15) is 0 Å². The Bertz CT molecular complexity index is 2860. The fourth-order valence-corrected chi connectivity index (χ4v) is 7.31. The van der Waals surface area contributed by atoms with Crippen LogP contribution >= 0.6 is 0 Å². The first-order valence-electron chi connectivity index (χ1n) is 16.4. The Hall–Kier alpha value is -6.65. The van der Waals surface area contributed by atoms with Gasteiger partial charge in [-0.25, -0.2) is 15.0 Å². The molecule has 0 amide bonds. The van der Waals surface area contributed by atoms with Crippen LogP contribution in [0.5, 0.6) is 0 Å². The molecule has 2 heterocycles. The molecule has 4 nitrogen and oxygen atoms in total. The molecule has 10 aromatic rings. The van der Waals surface area contributed by atoms with Crippen LogP contribution in [-0.2, 0) is 0 Å². The zero-order valence-electron chi connectivity index (χ0n) is 26.3. The third kappa shape index (κ3) is 4.49. The van der Waals surface area contributed by atoms with Gasteiger partial charge >= 0.3 is 0 Å². The van der Waals surface area contributed by atoms with Crippen LogP contribution in [0.15, 0.2) is 168 Å². The van der Waals surface area contributed by atoms with Crippen LogP contribution in [0, 0.1) is 0 Å². The molecule has 49 heavy (non-hydrogen) atoms. The molecule has 0 bridgehead atoms. The van der Waals surface area contributed by atoms with Gasteiger partial charge in [0.15, 0.2) is 11.6 Å². The number of nitrogens with zero attached hydrogens (tertiary/aromatic N) is 3. The van der Waals surface area contributed by atoms with Crippen molar-refractivity contribution < 1.29 is 4.42 Å². The van der Waals surface area contributed by atoms with Crippen molar-refractivity contribution in [1.82, 2.24) is 15.0 Å². The highest BCUT2D eigenvalue weighted by atomic mass is 16.3. The van der Waals surface area contributed by atoms with E-state index in [2.05, 4.69) is 125 Å². The summed E-state index contributed by atoms with van der Waals surface area (Å²) in [5.41, 5.74) is 8.02. The number of rotatable bonds is 4. The number of fused-ring (bicyclic) bond motifs is 9. The summed E-state index contributed by atoms with van der Waals surface area (Å²) in [6.45, 7) is 0. The smallest absolute Gasteiger partial charge is 0.164 e. The fraction of sp³-hybridized carbons (Fsp3) is 0. The number of furan rings is 1. The number of aromatic nitrogens is 3. The summed E-state index contributed by atoms with van der Waals surface area (Å²) in [5, 5.41) is 9.61. The fourth-order valence-electron chi connectivity index (χ4n) is 7.31. The quantitative estimate of drug-likeness (QED) is 0.183. The van der Waals surface area contributed by atoms with Gasteiger partial charge in [-0.2, -0.15) is 0 Å². The van der Waals surface area contributed by atoms with Crippen molar-refractivity contribution in [1.29, 1.82) is 0 Å². The molecule has 0 spiro atoms. The first-order valence-corrected chi connectivity index (χ1v) is 16.4. The van der Waals surface area contributed by atoms with Gasteiger partial charge in [0, 0.05) is 21.9 Å². The molecule has 0 radical (unpaired) electrons. The van der Waals surface area contributed by atoms with E-state index in [0.29, 0.717) is 11.6 Å². The van der Waals surface area contributed by atoms with E-state index >= 15 is 0 Å². The predicted molar refractivity (Wildman–Crippen MR) is 201 cm³/mol. The van der Waals surface area contributed by atoms with E-state index in [-0.39, 0.29) is 0 Å². The van der Waals surface area contributed by atoms with Gasteiger partial charge < -0.3 is 4.42 Å². The van der Waals surface area contributed by atoms with Gasteiger partial charge in [-0.1, -0.05) is 127 Å². The van der Waals surface area contributed by atoms with Gasteiger partial charge in [-0.15, -0.1) is 0 Å². The standard InChI is InChI=1S/C45H27N3O/c1-2-10-28(11-3-1)29-12-8-13-32(24-29)44-46-27-47-45(48-44)38-18-9-19-42-43(38)40-26-31(21-23-41(40)49-42)30-20-22-37-35-16-5-4-14-33(35)34-15-6-7-17-36(34)39(37)25-30/h1-27H. The molecule has 4 heteroatoms. The molecule has 228 valence electrons. The first kappa shape index (κ1) is 27.5. The average molecular weight is 626 g/mol. The van der Waals surface area contributed by atoms with Crippen LogP contribution in [0.1, 0.15) is 0 Å². The third-order valence-electron chi connectivity index (χ3n) is 9.61. The molecule has 0 unspecified atom stereocenters. The average Bonchev–Trinajstić information content (AvgIpc) is 3.57.